The molecule has 1 unspecified atom stereocenters. The number of unbranched alkanes of at least 4 members (excludes halogenated alkanes) is 33. The Hall–Kier alpha value is -1.59. The normalized spacial score (nSPS) is 12.4. The molecule has 344 valence electrons. The first-order valence-electron chi connectivity index (χ1n) is 25.9. The van der Waals surface area contributed by atoms with E-state index in [4.69, 9.17) is 14.2 Å². The highest BCUT2D eigenvalue weighted by Gasteiger charge is 2.19. The van der Waals surface area contributed by atoms with Crippen LogP contribution in [-0.2, 0) is 28.6 Å². The minimum absolute atomic E-state index is 0.0636. The second kappa shape index (κ2) is 46.5. The van der Waals surface area contributed by atoms with Gasteiger partial charge >= 0.3 is 17.9 Å². The summed E-state index contributed by atoms with van der Waals surface area (Å²) in [6.07, 6.45) is 48.1. The van der Waals surface area contributed by atoms with Gasteiger partial charge in [0.05, 0.1) is 0 Å². The Kier molecular flexibility index (Phi) is 45.2. The zero-order valence-corrected chi connectivity index (χ0v) is 39.5. The fraction of sp³-hybridized carbons (Fsp3) is 0.942. The molecule has 0 N–H and O–H groups in total. The van der Waals surface area contributed by atoms with E-state index in [-0.39, 0.29) is 31.1 Å². The van der Waals surface area contributed by atoms with Gasteiger partial charge in [-0.3, -0.25) is 14.4 Å². The molecular formula is C52H100O6. The zero-order chi connectivity index (χ0) is 42.4. The molecule has 0 saturated heterocycles. The predicted molar refractivity (Wildman–Crippen MR) is 247 cm³/mol. The molecular weight excluding hydrogens is 721 g/mol. The number of hydrogen-bond acceptors (Lipinski definition) is 6. The molecule has 0 aliphatic heterocycles. The highest BCUT2D eigenvalue weighted by Crippen LogP contribution is 2.17. The topological polar surface area (TPSA) is 78.9 Å². The molecule has 58 heavy (non-hydrogen) atoms. The second-order valence-corrected chi connectivity index (χ2v) is 18.1. The van der Waals surface area contributed by atoms with Crippen molar-refractivity contribution in [2.75, 3.05) is 13.2 Å². The molecule has 0 amide bonds. The second-order valence-electron chi connectivity index (χ2n) is 18.1. The average molecular weight is 821 g/mol. The van der Waals surface area contributed by atoms with Gasteiger partial charge in [-0.15, -0.1) is 0 Å². The number of carbonyl (C=O) groups is 3. The Morgan fingerprint density at radius 2 is 0.603 bits per heavy atom. The van der Waals surface area contributed by atoms with Crippen molar-refractivity contribution in [3.05, 3.63) is 0 Å². The summed E-state index contributed by atoms with van der Waals surface area (Å²) in [6, 6.07) is 0. The lowest BCUT2D eigenvalue weighted by Gasteiger charge is -2.18. The Morgan fingerprint density at radius 1 is 0.345 bits per heavy atom. The van der Waals surface area contributed by atoms with Crippen LogP contribution in [0, 0.1) is 5.92 Å². The summed E-state index contributed by atoms with van der Waals surface area (Å²) in [5.74, 6) is -0.0353. The maximum absolute atomic E-state index is 12.7. The van der Waals surface area contributed by atoms with Crippen LogP contribution >= 0.6 is 0 Å². The molecule has 0 bridgehead atoms. The van der Waals surface area contributed by atoms with E-state index in [1.54, 1.807) is 0 Å². The summed E-state index contributed by atoms with van der Waals surface area (Å²) in [5, 5.41) is 0. The van der Waals surface area contributed by atoms with Gasteiger partial charge < -0.3 is 14.2 Å². The van der Waals surface area contributed by atoms with Gasteiger partial charge in [-0.2, -0.15) is 0 Å². The number of hydrogen-bond donors (Lipinski definition) is 0. The van der Waals surface area contributed by atoms with E-state index in [0.29, 0.717) is 19.3 Å². The van der Waals surface area contributed by atoms with Crippen LogP contribution in [0.25, 0.3) is 0 Å². The number of ether oxygens (including phenoxy) is 3. The van der Waals surface area contributed by atoms with Crippen molar-refractivity contribution < 1.29 is 28.6 Å². The molecule has 0 aromatic rings. The van der Waals surface area contributed by atoms with Gasteiger partial charge in [-0.05, 0) is 25.2 Å². The van der Waals surface area contributed by atoms with Crippen LogP contribution in [0.1, 0.15) is 291 Å². The minimum atomic E-state index is -0.760. The third-order valence-corrected chi connectivity index (χ3v) is 12.2. The third-order valence-electron chi connectivity index (χ3n) is 12.2. The van der Waals surface area contributed by atoms with Crippen molar-refractivity contribution in [2.45, 2.75) is 297 Å². The van der Waals surface area contributed by atoms with Crippen molar-refractivity contribution in [3.63, 3.8) is 0 Å². The van der Waals surface area contributed by atoms with Gasteiger partial charge in [-0.25, -0.2) is 0 Å². The van der Waals surface area contributed by atoms with Gasteiger partial charge in [0.1, 0.15) is 13.2 Å². The standard InChI is InChI=1S/C52H100O6/c1-5-8-10-12-14-16-18-19-20-21-22-23-24-25-27-28-30-35-39-43-50(53)56-46-49(47-57-51(54)44-40-36-33-32-34-38-42-48(4)7-3)58-52(55)45-41-37-31-29-26-17-15-13-11-9-6-2/h48-49H,5-47H2,1-4H3/t48?,49-/m0/s1. The molecule has 0 aliphatic carbocycles. The monoisotopic (exact) mass is 821 g/mol. The lowest BCUT2D eigenvalue weighted by Crippen LogP contribution is -2.30. The van der Waals surface area contributed by atoms with E-state index in [0.717, 1.165) is 63.7 Å². The van der Waals surface area contributed by atoms with E-state index < -0.39 is 6.10 Å². The van der Waals surface area contributed by atoms with Crippen molar-refractivity contribution >= 4 is 17.9 Å². The smallest absolute Gasteiger partial charge is 0.306 e. The Balaban J connectivity index is 4.22. The Morgan fingerprint density at radius 3 is 0.897 bits per heavy atom. The van der Waals surface area contributed by atoms with E-state index in [1.165, 1.54) is 186 Å². The average Bonchev–Trinajstić information content (AvgIpc) is 3.22. The van der Waals surface area contributed by atoms with Crippen LogP contribution in [0.2, 0.25) is 0 Å². The van der Waals surface area contributed by atoms with Crippen LogP contribution in [-0.4, -0.2) is 37.2 Å². The molecule has 0 rings (SSSR count). The highest BCUT2D eigenvalue weighted by molar-refractivity contribution is 5.71. The van der Waals surface area contributed by atoms with Gasteiger partial charge in [0.25, 0.3) is 0 Å². The first kappa shape index (κ1) is 56.4. The van der Waals surface area contributed by atoms with Crippen molar-refractivity contribution in [2.24, 2.45) is 5.92 Å². The van der Waals surface area contributed by atoms with Crippen molar-refractivity contribution in [3.8, 4) is 0 Å². The molecule has 0 aliphatic rings. The number of carbonyl (C=O) groups excluding carboxylic acids is 3. The van der Waals surface area contributed by atoms with E-state index in [2.05, 4.69) is 27.7 Å². The molecule has 6 nitrogen and oxygen atoms in total. The van der Waals surface area contributed by atoms with Gasteiger partial charge in [0.2, 0.25) is 0 Å². The molecule has 0 spiro atoms. The third kappa shape index (κ3) is 44.0. The van der Waals surface area contributed by atoms with Gasteiger partial charge in [0.15, 0.2) is 6.10 Å². The molecule has 0 radical (unpaired) electrons. The predicted octanol–water partition coefficient (Wildman–Crippen LogP) is 16.7. The van der Waals surface area contributed by atoms with Gasteiger partial charge in [-0.1, -0.05) is 252 Å². The van der Waals surface area contributed by atoms with Crippen LogP contribution in [0.15, 0.2) is 0 Å². The minimum Gasteiger partial charge on any atom is -0.462 e. The molecule has 0 aromatic heterocycles. The van der Waals surface area contributed by atoms with Gasteiger partial charge in [0, 0.05) is 19.3 Å². The van der Waals surface area contributed by atoms with E-state index in [9.17, 15) is 14.4 Å². The summed E-state index contributed by atoms with van der Waals surface area (Å²) < 4.78 is 16.8. The maximum atomic E-state index is 12.7. The maximum Gasteiger partial charge on any atom is 0.306 e. The lowest BCUT2D eigenvalue weighted by molar-refractivity contribution is -0.167. The summed E-state index contributed by atoms with van der Waals surface area (Å²) in [4.78, 5) is 37.8. The summed E-state index contributed by atoms with van der Waals surface area (Å²) in [6.45, 7) is 8.99. The number of rotatable bonds is 47. The first-order valence-corrected chi connectivity index (χ1v) is 25.9. The first-order chi connectivity index (χ1) is 28.4. The van der Waals surface area contributed by atoms with Crippen molar-refractivity contribution in [1.82, 2.24) is 0 Å². The van der Waals surface area contributed by atoms with Crippen LogP contribution < -0.4 is 0 Å². The Labute approximate surface area is 361 Å². The largest absolute Gasteiger partial charge is 0.462 e. The van der Waals surface area contributed by atoms with E-state index >= 15 is 0 Å². The van der Waals surface area contributed by atoms with E-state index in [1.807, 2.05) is 0 Å². The molecule has 0 fully saturated rings. The Bertz CT molecular complexity index is 874. The van der Waals surface area contributed by atoms with Crippen LogP contribution in [0.3, 0.4) is 0 Å². The van der Waals surface area contributed by atoms with Crippen molar-refractivity contribution in [1.29, 1.82) is 0 Å². The van der Waals surface area contributed by atoms with Crippen LogP contribution in [0.5, 0.6) is 0 Å². The molecule has 0 heterocycles. The summed E-state index contributed by atoms with van der Waals surface area (Å²) >= 11 is 0. The SMILES string of the molecule is CCCCCCCCCCCCCCCCCCCCCC(=O)OC[C@@H](COC(=O)CCCCCCCCC(C)CC)OC(=O)CCCCCCCCCCCCC. The highest BCUT2D eigenvalue weighted by atomic mass is 16.6. The summed E-state index contributed by atoms with van der Waals surface area (Å²) in [7, 11) is 0. The fourth-order valence-corrected chi connectivity index (χ4v) is 7.83. The zero-order valence-electron chi connectivity index (χ0n) is 39.5. The molecule has 0 saturated carbocycles. The quantitative estimate of drug-likeness (QED) is 0.0346. The van der Waals surface area contributed by atoms with Crippen LogP contribution in [0.4, 0.5) is 0 Å². The number of esters is 3. The molecule has 6 heteroatoms. The summed E-state index contributed by atoms with van der Waals surface area (Å²) in [5.41, 5.74) is 0. The molecule has 0 aromatic carbocycles. The molecule has 2 atom stereocenters. The fourth-order valence-electron chi connectivity index (χ4n) is 7.83. The lowest BCUT2D eigenvalue weighted by atomic mass is 10.00.